The van der Waals surface area contributed by atoms with E-state index in [0.717, 1.165) is 49.2 Å². The molecule has 30 heavy (non-hydrogen) atoms. The standard InChI is InChI=1S/C26H34O4/c1-3-5-14-28-24-13-12-21(18-25(24)29-15-6-4-2)17-23-22(19-30-26(23)27)16-20-10-8-7-9-11-20/h7-13,18,22-23H,3-6,14-17,19H2,1-2H3/t22-,23+/m0/s1. The van der Waals surface area contributed by atoms with Crippen LogP contribution in [0.1, 0.15) is 50.7 Å². The van der Waals surface area contributed by atoms with Crippen molar-refractivity contribution in [3.63, 3.8) is 0 Å². The van der Waals surface area contributed by atoms with Crippen molar-refractivity contribution in [2.24, 2.45) is 11.8 Å². The number of esters is 1. The van der Waals surface area contributed by atoms with Gasteiger partial charge in [-0.15, -0.1) is 0 Å². The van der Waals surface area contributed by atoms with E-state index in [4.69, 9.17) is 14.2 Å². The summed E-state index contributed by atoms with van der Waals surface area (Å²) in [5.41, 5.74) is 2.33. The van der Waals surface area contributed by atoms with E-state index in [1.807, 2.05) is 30.3 Å². The van der Waals surface area contributed by atoms with Gasteiger partial charge in [-0.1, -0.05) is 63.1 Å². The summed E-state index contributed by atoms with van der Waals surface area (Å²) in [6.45, 7) is 6.16. The molecular formula is C26H34O4. The Morgan fingerprint density at radius 1 is 0.867 bits per heavy atom. The lowest BCUT2D eigenvalue weighted by molar-refractivity contribution is -0.141. The van der Waals surface area contributed by atoms with Gasteiger partial charge >= 0.3 is 5.97 Å². The lowest BCUT2D eigenvalue weighted by atomic mass is 9.85. The van der Waals surface area contributed by atoms with Crippen LogP contribution in [0.25, 0.3) is 0 Å². The highest BCUT2D eigenvalue weighted by molar-refractivity contribution is 5.75. The zero-order chi connectivity index (χ0) is 21.2. The molecule has 1 aliphatic rings. The summed E-state index contributed by atoms with van der Waals surface area (Å²) in [6.07, 6.45) is 5.72. The van der Waals surface area contributed by atoms with E-state index in [1.165, 1.54) is 5.56 Å². The van der Waals surface area contributed by atoms with Crippen molar-refractivity contribution in [3.05, 3.63) is 59.7 Å². The molecule has 0 saturated carbocycles. The molecule has 0 spiro atoms. The number of rotatable bonds is 12. The van der Waals surface area contributed by atoms with Gasteiger partial charge in [0.15, 0.2) is 11.5 Å². The third-order valence-electron chi connectivity index (χ3n) is 5.63. The van der Waals surface area contributed by atoms with E-state index < -0.39 is 0 Å². The highest BCUT2D eigenvalue weighted by atomic mass is 16.5. The molecule has 0 aromatic heterocycles. The number of ether oxygens (including phenoxy) is 3. The Bertz CT molecular complexity index is 787. The van der Waals surface area contributed by atoms with Crippen LogP contribution in [-0.4, -0.2) is 25.8 Å². The molecule has 2 aromatic carbocycles. The van der Waals surface area contributed by atoms with Gasteiger partial charge in [0.05, 0.1) is 25.7 Å². The average molecular weight is 411 g/mol. The molecule has 162 valence electrons. The van der Waals surface area contributed by atoms with Crippen LogP contribution in [0.3, 0.4) is 0 Å². The molecule has 2 aromatic rings. The van der Waals surface area contributed by atoms with Crippen LogP contribution in [-0.2, 0) is 22.4 Å². The summed E-state index contributed by atoms with van der Waals surface area (Å²) in [5, 5.41) is 0. The SMILES string of the molecule is CCCCOc1ccc(C[C@H]2C(=O)OC[C@@H]2Cc2ccccc2)cc1OCCCC. The van der Waals surface area contributed by atoms with Gasteiger partial charge in [-0.25, -0.2) is 0 Å². The summed E-state index contributed by atoms with van der Waals surface area (Å²) >= 11 is 0. The van der Waals surface area contributed by atoms with Crippen molar-refractivity contribution in [1.82, 2.24) is 0 Å². The van der Waals surface area contributed by atoms with Crippen molar-refractivity contribution in [3.8, 4) is 11.5 Å². The molecular weight excluding hydrogens is 376 g/mol. The lowest BCUT2D eigenvalue weighted by Gasteiger charge is -2.17. The number of hydrogen-bond donors (Lipinski definition) is 0. The van der Waals surface area contributed by atoms with Gasteiger partial charge in [-0.3, -0.25) is 4.79 Å². The topological polar surface area (TPSA) is 44.8 Å². The van der Waals surface area contributed by atoms with Crippen LogP contribution < -0.4 is 9.47 Å². The van der Waals surface area contributed by atoms with Gasteiger partial charge in [0.25, 0.3) is 0 Å². The van der Waals surface area contributed by atoms with Crippen LogP contribution in [0.15, 0.2) is 48.5 Å². The predicted octanol–water partition coefficient (Wildman–Crippen LogP) is 5.62. The second-order valence-corrected chi connectivity index (χ2v) is 8.08. The molecule has 1 fully saturated rings. The first-order valence-electron chi connectivity index (χ1n) is 11.3. The Kier molecular flexibility index (Phi) is 8.61. The normalized spacial score (nSPS) is 18.3. The molecule has 2 atom stereocenters. The zero-order valence-corrected chi connectivity index (χ0v) is 18.3. The number of cyclic esters (lactones) is 1. The molecule has 4 nitrogen and oxygen atoms in total. The monoisotopic (exact) mass is 410 g/mol. The zero-order valence-electron chi connectivity index (χ0n) is 18.3. The Labute approximate surface area is 180 Å². The smallest absolute Gasteiger partial charge is 0.309 e. The van der Waals surface area contributed by atoms with E-state index in [0.29, 0.717) is 26.2 Å². The van der Waals surface area contributed by atoms with Gasteiger partial charge in [0.2, 0.25) is 0 Å². The third kappa shape index (κ3) is 6.25. The lowest BCUT2D eigenvalue weighted by Crippen LogP contribution is -2.20. The number of hydrogen-bond acceptors (Lipinski definition) is 4. The van der Waals surface area contributed by atoms with Gasteiger partial charge in [0, 0.05) is 5.92 Å². The summed E-state index contributed by atoms with van der Waals surface area (Å²) in [4.78, 5) is 12.4. The summed E-state index contributed by atoms with van der Waals surface area (Å²) < 4.78 is 17.4. The van der Waals surface area contributed by atoms with Crippen molar-refractivity contribution in [2.75, 3.05) is 19.8 Å². The minimum Gasteiger partial charge on any atom is -0.490 e. The first kappa shape index (κ1) is 22.2. The summed E-state index contributed by atoms with van der Waals surface area (Å²) in [7, 11) is 0. The van der Waals surface area contributed by atoms with E-state index >= 15 is 0 Å². The molecule has 0 aliphatic carbocycles. The van der Waals surface area contributed by atoms with E-state index in [9.17, 15) is 4.79 Å². The van der Waals surface area contributed by atoms with Crippen LogP contribution in [0.5, 0.6) is 11.5 Å². The Hall–Kier alpha value is -2.49. The van der Waals surface area contributed by atoms with Crippen LogP contribution in [0, 0.1) is 11.8 Å². The van der Waals surface area contributed by atoms with Gasteiger partial charge < -0.3 is 14.2 Å². The minimum atomic E-state index is -0.124. The van der Waals surface area contributed by atoms with Gasteiger partial charge in [-0.2, -0.15) is 0 Å². The molecule has 0 amide bonds. The number of carbonyl (C=O) groups excluding carboxylic acids is 1. The van der Waals surface area contributed by atoms with Crippen molar-refractivity contribution >= 4 is 5.97 Å². The van der Waals surface area contributed by atoms with Crippen LogP contribution in [0.2, 0.25) is 0 Å². The molecule has 1 heterocycles. The molecule has 0 bridgehead atoms. The molecule has 1 aliphatic heterocycles. The maximum Gasteiger partial charge on any atom is 0.309 e. The maximum atomic E-state index is 12.4. The van der Waals surface area contributed by atoms with E-state index in [2.05, 4.69) is 32.0 Å². The fourth-order valence-corrected chi connectivity index (χ4v) is 3.79. The molecule has 0 N–H and O–H groups in total. The summed E-state index contributed by atoms with van der Waals surface area (Å²) in [6, 6.07) is 16.4. The molecule has 0 radical (unpaired) electrons. The van der Waals surface area contributed by atoms with Crippen molar-refractivity contribution < 1.29 is 19.0 Å². The molecule has 0 unspecified atom stereocenters. The fourth-order valence-electron chi connectivity index (χ4n) is 3.79. The number of benzene rings is 2. The Morgan fingerprint density at radius 2 is 1.57 bits per heavy atom. The van der Waals surface area contributed by atoms with Gasteiger partial charge in [-0.05, 0) is 48.9 Å². The Balaban J connectivity index is 1.71. The molecule has 3 rings (SSSR count). The molecule has 4 heteroatoms. The fraction of sp³-hybridized carbons (Fsp3) is 0.500. The van der Waals surface area contributed by atoms with E-state index in [1.54, 1.807) is 0 Å². The van der Waals surface area contributed by atoms with Gasteiger partial charge in [0.1, 0.15) is 0 Å². The quantitative estimate of drug-likeness (QED) is 0.337. The first-order chi connectivity index (χ1) is 14.7. The number of carbonyl (C=O) groups is 1. The second kappa shape index (κ2) is 11.6. The highest BCUT2D eigenvalue weighted by Crippen LogP contribution is 2.33. The number of unbranched alkanes of at least 4 members (excludes halogenated alkanes) is 2. The van der Waals surface area contributed by atoms with Crippen LogP contribution in [0.4, 0.5) is 0 Å². The third-order valence-corrected chi connectivity index (χ3v) is 5.63. The largest absolute Gasteiger partial charge is 0.490 e. The van der Waals surface area contributed by atoms with E-state index in [-0.39, 0.29) is 17.8 Å². The average Bonchev–Trinajstić information content (AvgIpc) is 3.10. The van der Waals surface area contributed by atoms with Crippen molar-refractivity contribution in [1.29, 1.82) is 0 Å². The summed E-state index contributed by atoms with van der Waals surface area (Å²) in [5.74, 6) is 1.55. The highest BCUT2D eigenvalue weighted by Gasteiger charge is 2.36. The minimum absolute atomic E-state index is 0.0901. The maximum absolute atomic E-state index is 12.4. The van der Waals surface area contributed by atoms with Crippen LogP contribution >= 0.6 is 0 Å². The Morgan fingerprint density at radius 3 is 2.27 bits per heavy atom. The first-order valence-corrected chi connectivity index (χ1v) is 11.3. The second-order valence-electron chi connectivity index (χ2n) is 8.08. The molecule has 1 saturated heterocycles. The predicted molar refractivity (Wildman–Crippen MR) is 119 cm³/mol. The van der Waals surface area contributed by atoms with Crippen molar-refractivity contribution in [2.45, 2.75) is 52.4 Å².